The number of fused-ring (bicyclic) bond motifs is 1. The van der Waals surface area contributed by atoms with E-state index in [0.717, 1.165) is 49.2 Å². The largest absolute Gasteiger partial charge is 0.466 e. The summed E-state index contributed by atoms with van der Waals surface area (Å²) < 4.78 is 10.4. The highest BCUT2D eigenvalue weighted by molar-refractivity contribution is 6.04. The van der Waals surface area contributed by atoms with Crippen molar-refractivity contribution in [2.24, 2.45) is 11.0 Å². The van der Waals surface area contributed by atoms with Crippen LogP contribution in [0.1, 0.15) is 46.8 Å². The summed E-state index contributed by atoms with van der Waals surface area (Å²) in [5, 5.41) is 9.44. The normalized spacial score (nSPS) is 18.1. The van der Waals surface area contributed by atoms with Gasteiger partial charge in [0, 0.05) is 17.7 Å². The molecular formula is C26H31N3O4. The molecule has 7 heteroatoms. The molecule has 1 heterocycles. The standard InChI is InChI=1S/C26H31N3O4/c1-2-33-25(30)16-20-3-6-21-7-8-22(17-23(21)15-20)26(31)28-24-9-4-19(5-10-24)18-27-29-11-13-32-14-12-29/h4-5,7-10,17-18,20H,2-3,6,11-16H2,1H3,(H,28,31)/b27-18+. The number of morpholine rings is 1. The second kappa shape index (κ2) is 11.1. The summed E-state index contributed by atoms with van der Waals surface area (Å²) in [5.74, 6) is -0.0140. The minimum absolute atomic E-state index is 0.139. The predicted molar refractivity (Wildman–Crippen MR) is 128 cm³/mol. The van der Waals surface area contributed by atoms with Crippen LogP contribution in [0.2, 0.25) is 0 Å². The Labute approximate surface area is 194 Å². The van der Waals surface area contributed by atoms with E-state index in [9.17, 15) is 9.59 Å². The van der Waals surface area contributed by atoms with E-state index in [4.69, 9.17) is 9.47 Å². The molecular weight excluding hydrogens is 418 g/mol. The number of benzene rings is 2. The predicted octanol–water partition coefficient (Wildman–Crippen LogP) is 3.66. The highest BCUT2D eigenvalue weighted by Crippen LogP contribution is 2.29. The molecule has 1 fully saturated rings. The fourth-order valence-corrected chi connectivity index (χ4v) is 4.28. The number of nitrogens with zero attached hydrogens (tertiary/aromatic N) is 2. The Kier molecular flexibility index (Phi) is 7.73. The average Bonchev–Trinajstić information content (AvgIpc) is 2.84. The molecule has 0 spiro atoms. The molecule has 0 aromatic heterocycles. The fraction of sp³-hybridized carbons (Fsp3) is 0.423. The number of amides is 1. The van der Waals surface area contributed by atoms with E-state index in [-0.39, 0.29) is 17.8 Å². The molecule has 7 nitrogen and oxygen atoms in total. The smallest absolute Gasteiger partial charge is 0.306 e. The van der Waals surface area contributed by atoms with Gasteiger partial charge >= 0.3 is 5.97 Å². The van der Waals surface area contributed by atoms with Gasteiger partial charge in [-0.05, 0) is 73.1 Å². The van der Waals surface area contributed by atoms with Crippen molar-refractivity contribution in [1.82, 2.24) is 5.01 Å². The molecule has 0 saturated carbocycles. The van der Waals surface area contributed by atoms with Crippen molar-refractivity contribution in [3.8, 4) is 0 Å². The number of hydrazone groups is 1. The van der Waals surface area contributed by atoms with Crippen molar-refractivity contribution in [2.45, 2.75) is 32.6 Å². The second-order valence-electron chi connectivity index (χ2n) is 8.49. The SMILES string of the molecule is CCOC(=O)CC1CCc2ccc(C(=O)Nc3ccc(/C=N/N4CCOCC4)cc3)cc2C1. The number of ether oxygens (including phenoxy) is 2. The van der Waals surface area contributed by atoms with Gasteiger partial charge in [-0.15, -0.1) is 0 Å². The van der Waals surface area contributed by atoms with Gasteiger partial charge < -0.3 is 14.8 Å². The Hall–Kier alpha value is -3.19. The van der Waals surface area contributed by atoms with E-state index in [1.54, 1.807) is 0 Å². The van der Waals surface area contributed by atoms with E-state index >= 15 is 0 Å². The lowest BCUT2D eigenvalue weighted by Gasteiger charge is -2.24. The molecule has 1 saturated heterocycles. The first kappa shape index (κ1) is 23.0. The summed E-state index contributed by atoms with van der Waals surface area (Å²) in [6, 6.07) is 13.5. The Morgan fingerprint density at radius 3 is 2.70 bits per heavy atom. The van der Waals surface area contributed by atoms with E-state index in [0.29, 0.717) is 31.8 Å². The molecule has 1 amide bonds. The van der Waals surface area contributed by atoms with Gasteiger partial charge in [0.25, 0.3) is 5.91 Å². The van der Waals surface area contributed by atoms with Crippen LogP contribution in [0.3, 0.4) is 0 Å². The summed E-state index contributed by atoms with van der Waals surface area (Å²) in [4.78, 5) is 24.7. The third-order valence-electron chi connectivity index (χ3n) is 6.09. The van der Waals surface area contributed by atoms with Gasteiger partial charge in [-0.2, -0.15) is 5.10 Å². The van der Waals surface area contributed by atoms with Crippen LogP contribution >= 0.6 is 0 Å². The zero-order valence-corrected chi connectivity index (χ0v) is 19.1. The highest BCUT2D eigenvalue weighted by atomic mass is 16.5. The van der Waals surface area contributed by atoms with Gasteiger partial charge in [-0.1, -0.05) is 18.2 Å². The summed E-state index contributed by atoms with van der Waals surface area (Å²) in [6.45, 7) is 5.25. The number of carbonyl (C=O) groups is 2. The van der Waals surface area contributed by atoms with E-state index in [1.165, 1.54) is 5.56 Å². The van der Waals surface area contributed by atoms with Crippen LogP contribution in [-0.2, 0) is 27.1 Å². The van der Waals surface area contributed by atoms with Gasteiger partial charge in [0.05, 0.1) is 39.1 Å². The molecule has 4 rings (SSSR count). The highest BCUT2D eigenvalue weighted by Gasteiger charge is 2.22. The molecule has 1 unspecified atom stereocenters. The molecule has 2 aromatic carbocycles. The first-order valence-electron chi connectivity index (χ1n) is 11.7. The van der Waals surface area contributed by atoms with Crippen LogP contribution in [0.4, 0.5) is 5.69 Å². The van der Waals surface area contributed by atoms with Gasteiger partial charge in [0.2, 0.25) is 0 Å². The quantitative estimate of drug-likeness (QED) is 0.515. The van der Waals surface area contributed by atoms with Crippen LogP contribution in [0, 0.1) is 5.92 Å². The van der Waals surface area contributed by atoms with Gasteiger partial charge in [0.15, 0.2) is 0 Å². The van der Waals surface area contributed by atoms with Crippen molar-refractivity contribution in [3.05, 3.63) is 64.7 Å². The maximum atomic E-state index is 12.8. The number of anilines is 1. The number of rotatable bonds is 7. The van der Waals surface area contributed by atoms with Gasteiger partial charge in [-0.3, -0.25) is 14.6 Å². The Balaban J connectivity index is 1.35. The number of hydrogen-bond acceptors (Lipinski definition) is 6. The third kappa shape index (κ3) is 6.42. The Morgan fingerprint density at radius 1 is 1.15 bits per heavy atom. The van der Waals surface area contributed by atoms with E-state index in [2.05, 4.69) is 10.4 Å². The summed E-state index contributed by atoms with van der Waals surface area (Å²) in [7, 11) is 0. The number of carbonyl (C=O) groups excluding carboxylic acids is 2. The first-order chi connectivity index (χ1) is 16.1. The Morgan fingerprint density at radius 2 is 1.94 bits per heavy atom. The lowest BCUT2D eigenvalue weighted by molar-refractivity contribution is -0.144. The lowest BCUT2D eigenvalue weighted by Crippen LogP contribution is -2.32. The van der Waals surface area contributed by atoms with Crippen molar-refractivity contribution in [2.75, 3.05) is 38.2 Å². The van der Waals surface area contributed by atoms with Gasteiger partial charge in [0.1, 0.15) is 0 Å². The summed E-state index contributed by atoms with van der Waals surface area (Å²) in [5.41, 5.74) is 4.75. The number of esters is 1. The van der Waals surface area contributed by atoms with Crippen LogP contribution < -0.4 is 5.32 Å². The number of hydrogen-bond donors (Lipinski definition) is 1. The first-order valence-corrected chi connectivity index (χ1v) is 11.7. The molecule has 1 atom stereocenters. The van der Waals surface area contributed by atoms with Crippen molar-refractivity contribution in [1.29, 1.82) is 0 Å². The Bertz CT molecular complexity index is 997. The molecule has 1 aliphatic heterocycles. The molecule has 0 radical (unpaired) electrons. The van der Waals surface area contributed by atoms with E-state index < -0.39 is 0 Å². The minimum Gasteiger partial charge on any atom is -0.466 e. The zero-order valence-electron chi connectivity index (χ0n) is 19.1. The molecule has 174 valence electrons. The van der Waals surface area contributed by atoms with Crippen LogP contribution in [0.15, 0.2) is 47.6 Å². The molecule has 1 N–H and O–H groups in total. The minimum atomic E-state index is -0.140. The second-order valence-corrected chi connectivity index (χ2v) is 8.49. The van der Waals surface area contributed by atoms with Crippen LogP contribution in [-0.4, -0.2) is 56.0 Å². The topological polar surface area (TPSA) is 80.2 Å². The number of aryl methyl sites for hydroxylation is 1. The molecule has 33 heavy (non-hydrogen) atoms. The maximum Gasteiger partial charge on any atom is 0.306 e. The van der Waals surface area contributed by atoms with Crippen molar-refractivity contribution in [3.63, 3.8) is 0 Å². The lowest BCUT2D eigenvalue weighted by atomic mass is 9.81. The van der Waals surface area contributed by atoms with E-state index in [1.807, 2.05) is 60.6 Å². The molecule has 1 aliphatic carbocycles. The van der Waals surface area contributed by atoms with Crippen molar-refractivity contribution < 1.29 is 19.1 Å². The maximum absolute atomic E-state index is 12.8. The van der Waals surface area contributed by atoms with Crippen LogP contribution in [0.5, 0.6) is 0 Å². The number of nitrogens with one attached hydrogen (secondary N) is 1. The molecule has 0 bridgehead atoms. The summed E-state index contributed by atoms with van der Waals surface area (Å²) >= 11 is 0. The molecule has 2 aliphatic rings. The third-order valence-corrected chi connectivity index (χ3v) is 6.09. The fourth-order valence-electron chi connectivity index (χ4n) is 4.28. The summed E-state index contributed by atoms with van der Waals surface area (Å²) in [6.07, 6.45) is 4.96. The van der Waals surface area contributed by atoms with Gasteiger partial charge in [-0.25, -0.2) is 0 Å². The monoisotopic (exact) mass is 449 g/mol. The zero-order chi connectivity index (χ0) is 23.0. The molecule has 2 aromatic rings. The average molecular weight is 450 g/mol. The van der Waals surface area contributed by atoms with Crippen LogP contribution in [0.25, 0.3) is 0 Å². The van der Waals surface area contributed by atoms with Crippen molar-refractivity contribution >= 4 is 23.8 Å².